The first-order valence-electron chi connectivity index (χ1n) is 6.55. The number of oxazole rings is 1. The molecular formula is C15H10N2OS4. The molecule has 0 unspecified atom stereocenters. The molecule has 2 aromatic heterocycles. The number of hydrogen-bond acceptors (Lipinski definition) is 7. The number of para-hydroxylation sites is 3. The highest BCUT2D eigenvalue weighted by Crippen LogP contribution is 2.42. The van der Waals surface area contributed by atoms with Gasteiger partial charge in [-0.3, -0.25) is 0 Å². The van der Waals surface area contributed by atoms with E-state index in [4.69, 9.17) is 4.42 Å². The number of nitrogens with zero attached hydrogens (tertiary/aromatic N) is 2. The van der Waals surface area contributed by atoms with Crippen molar-refractivity contribution >= 4 is 64.1 Å². The van der Waals surface area contributed by atoms with Crippen molar-refractivity contribution in [3.63, 3.8) is 0 Å². The highest BCUT2D eigenvalue weighted by molar-refractivity contribution is 9.09. The van der Waals surface area contributed by atoms with E-state index in [2.05, 4.69) is 28.2 Å². The van der Waals surface area contributed by atoms with Gasteiger partial charge in [0.05, 0.1) is 16.0 Å². The molecule has 0 spiro atoms. The third-order valence-electron chi connectivity index (χ3n) is 2.95. The van der Waals surface area contributed by atoms with Gasteiger partial charge in [0.25, 0.3) is 5.22 Å². The Hall–Kier alpha value is -1.15. The van der Waals surface area contributed by atoms with Gasteiger partial charge in [-0.1, -0.05) is 35.1 Å². The normalized spacial score (nSPS) is 11.5. The third-order valence-corrected chi connectivity index (χ3v) is 7.79. The van der Waals surface area contributed by atoms with Crippen LogP contribution in [0.3, 0.4) is 0 Å². The first kappa shape index (κ1) is 14.4. The van der Waals surface area contributed by atoms with E-state index in [1.54, 1.807) is 42.8 Å². The minimum atomic E-state index is 0.697. The van der Waals surface area contributed by atoms with Crippen LogP contribution in [0.4, 0.5) is 0 Å². The van der Waals surface area contributed by atoms with Gasteiger partial charge in [0.1, 0.15) is 10.5 Å². The Morgan fingerprint density at radius 1 is 0.955 bits per heavy atom. The maximum Gasteiger partial charge on any atom is 0.268 e. The molecule has 0 aliphatic heterocycles. The largest absolute Gasteiger partial charge is 0.431 e. The zero-order chi connectivity index (χ0) is 14.8. The van der Waals surface area contributed by atoms with Crippen molar-refractivity contribution in [2.24, 2.45) is 0 Å². The zero-order valence-electron chi connectivity index (χ0n) is 11.3. The Kier molecular flexibility index (Phi) is 4.29. The molecule has 0 amide bonds. The van der Waals surface area contributed by atoms with Gasteiger partial charge in [-0.2, -0.15) is 0 Å². The second kappa shape index (κ2) is 6.54. The lowest BCUT2D eigenvalue weighted by Crippen LogP contribution is -1.73. The Morgan fingerprint density at radius 3 is 2.64 bits per heavy atom. The Balaban J connectivity index is 1.35. The summed E-state index contributed by atoms with van der Waals surface area (Å²) in [7, 11) is 4.97. The summed E-state index contributed by atoms with van der Waals surface area (Å²) in [4.78, 5) is 9.07. The van der Waals surface area contributed by atoms with Gasteiger partial charge >= 0.3 is 0 Å². The monoisotopic (exact) mass is 362 g/mol. The minimum Gasteiger partial charge on any atom is -0.431 e. The van der Waals surface area contributed by atoms with Crippen molar-refractivity contribution < 1.29 is 4.42 Å². The molecule has 2 heterocycles. The second-order valence-corrected chi connectivity index (χ2v) is 9.57. The van der Waals surface area contributed by atoms with Crippen molar-refractivity contribution in [1.29, 1.82) is 0 Å². The standard InChI is InChI=1S/C15H10N2OS4/c1-3-7-12-10(5-1)17-15(18-12)21-22-19-9-14-16-11-6-2-4-8-13(11)20-14/h1-8H,9H2. The highest BCUT2D eigenvalue weighted by Gasteiger charge is 2.07. The number of rotatable bonds is 5. The van der Waals surface area contributed by atoms with E-state index >= 15 is 0 Å². The minimum absolute atomic E-state index is 0.697. The summed E-state index contributed by atoms with van der Waals surface area (Å²) < 4.78 is 6.92. The molecule has 7 heteroatoms. The summed E-state index contributed by atoms with van der Waals surface area (Å²) in [5, 5.41) is 1.85. The fraction of sp³-hybridized carbons (Fsp3) is 0.0667. The molecule has 4 aromatic rings. The fourth-order valence-corrected chi connectivity index (χ4v) is 6.38. The summed E-state index contributed by atoms with van der Waals surface area (Å²) in [5.41, 5.74) is 2.82. The van der Waals surface area contributed by atoms with Gasteiger partial charge in [-0.15, -0.1) is 11.3 Å². The van der Waals surface area contributed by atoms with Crippen LogP contribution in [-0.4, -0.2) is 9.97 Å². The van der Waals surface area contributed by atoms with Gasteiger partial charge in [0, 0.05) is 10.8 Å². The third kappa shape index (κ3) is 3.12. The van der Waals surface area contributed by atoms with Crippen molar-refractivity contribution in [1.82, 2.24) is 9.97 Å². The lowest BCUT2D eigenvalue weighted by atomic mass is 10.3. The number of hydrogen-bond donors (Lipinski definition) is 0. The molecule has 4 rings (SSSR count). The Labute approximate surface area is 142 Å². The fourth-order valence-electron chi connectivity index (χ4n) is 2.00. The molecule has 0 bridgehead atoms. The molecule has 3 nitrogen and oxygen atoms in total. The molecule has 110 valence electrons. The molecular weight excluding hydrogens is 352 g/mol. The van der Waals surface area contributed by atoms with Crippen LogP contribution in [0.1, 0.15) is 5.01 Å². The molecule has 0 aliphatic rings. The van der Waals surface area contributed by atoms with Crippen LogP contribution in [0.2, 0.25) is 0 Å². The van der Waals surface area contributed by atoms with Crippen LogP contribution in [-0.2, 0) is 5.75 Å². The van der Waals surface area contributed by atoms with Crippen molar-refractivity contribution in [3.8, 4) is 0 Å². The van der Waals surface area contributed by atoms with Crippen LogP contribution < -0.4 is 0 Å². The first-order chi connectivity index (χ1) is 10.9. The SMILES string of the molecule is c1ccc2oc(SSSCc3nc4ccccc4s3)nc2c1. The summed E-state index contributed by atoms with van der Waals surface area (Å²) in [5.74, 6) is 0.886. The molecule has 0 aliphatic carbocycles. The highest BCUT2D eigenvalue weighted by atomic mass is 33.5. The van der Waals surface area contributed by atoms with Gasteiger partial charge in [-0.05, 0) is 34.1 Å². The summed E-state index contributed by atoms with van der Waals surface area (Å²) in [6.45, 7) is 0. The summed E-state index contributed by atoms with van der Waals surface area (Å²) >= 11 is 1.75. The molecule has 2 aromatic carbocycles. The smallest absolute Gasteiger partial charge is 0.268 e. The van der Waals surface area contributed by atoms with Gasteiger partial charge in [0.2, 0.25) is 0 Å². The van der Waals surface area contributed by atoms with Crippen LogP contribution in [0.25, 0.3) is 21.3 Å². The number of thiazole rings is 1. The molecule has 22 heavy (non-hydrogen) atoms. The van der Waals surface area contributed by atoms with Crippen molar-refractivity contribution in [2.75, 3.05) is 0 Å². The molecule has 0 atom stereocenters. The number of aromatic nitrogens is 2. The Bertz CT molecular complexity index is 776. The van der Waals surface area contributed by atoms with E-state index in [1.165, 1.54) is 4.70 Å². The lowest BCUT2D eigenvalue weighted by molar-refractivity contribution is 0.491. The maximum atomic E-state index is 5.67. The number of fused-ring (bicyclic) bond motifs is 2. The predicted octanol–water partition coefficient (Wildman–Crippen LogP) is 6.03. The summed E-state index contributed by atoms with van der Waals surface area (Å²) in [6.07, 6.45) is 0. The van der Waals surface area contributed by atoms with Crippen molar-refractivity contribution in [2.45, 2.75) is 11.0 Å². The van der Waals surface area contributed by atoms with E-state index in [1.807, 2.05) is 30.3 Å². The average molecular weight is 363 g/mol. The first-order valence-corrected chi connectivity index (χ1v) is 11.0. The molecule has 0 N–H and O–H groups in total. The van der Waals surface area contributed by atoms with E-state index < -0.39 is 0 Å². The zero-order valence-corrected chi connectivity index (χ0v) is 14.5. The Morgan fingerprint density at radius 2 is 1.77 bits per heavy atom. The summed E-state index contributed by atoms with van der Waals surface area (Å²) in [6, 6.07) is 16.1. The molecule has 0 fully saturated rings. The van der Waals surface area contributed by atoms with E-state index in [0.717, 1.165) is 27.4 Å². The van der Waals surface area contributed by atoms with Crippen LogP contribution >= 0.6 is 42.8 Å². The van der Waals surface area contributed by atoms with Crippen LogP contribution in [0, 0.1) is 0 Å². The van der Waals surface area contributed by atoms with Crippen molar-refractivity contribution in [3.05, 3.63) is 53.5 Å². The molecule has 0 saturated carbocycles. The predicted molar refractivity (Wildman–Crippen MR) is 98.4 cm³/mol. The van der Waals surface area contributed by atoms with Gasteiger partial charge in [0.15, 0.2) is 5.58 Å². The van der Waals surface area contributed by atoms with E-state index in [0.29, 0.717) is 5.22 Å². The molecule has 0 saturated heterocycles. The molecule has 0 radical (unpaired) electrons. The van der Waals surface area contributed by atoms with Crippen LogP contribution in [0.15, 0.2) is 58.2 Å². The quantitative estimate of drug-likeness (QED) is 0.319. The lowest BCUT2D eigenvalue weighted by Gasteiger charge is -1.94. The average Bonchev–Trinajstić information content (AvgIpc) is 3.14. The topological polar surface area (TPSA) is 38.9 Å². The maximum absolute atomic E-state index is 5.67. The van der Waals surface area contributed by atoms with E-state index in [9.17, 15) is 0 Å². The van der Waals surface area contributed by atoms with Crippen LogP contribution in [0.5, 0.6) is 0 Å². The van der Waals surface area contributed by atoms with E-state index in [-0.39, 0.29) is 0 Å². The number of benzene rings is 2. The van der Waals surface area contributed by atoms with Gasteiger partial charge in [-0.25, -0.2) is 9.97 Å². The van der Waals surface area contributed by atoms with Gasteiger partial charge < -0.3 is 4.42 Å². The second-order valence-electron chi connectivity index (χ2n) is 4.44.